The van der Waals surface area contributed by atoms with Gasteiger partial charge in [-0.1, -0.05) is 43.7 Å². The van der Waals surface area contributed by atoms with E-state index in [1.807, 2.05) is 4.90 Å². The topological polar surface area (TPSA) is 20.3 Å². The molecule has 1 aliphatic heterocycles. The van der Waals surface area contributed by atoms with Crippen molar-refractivity contribution >= 4 is 5.91 Å². The Morgan fingerprint density at radius 3 is 2.28 bits per heavy atom. The van der Waals surface area contributed by atoms with Crippen LogP contribution in [0.4, 0.5) is 0 Å². The lowest BCUT2D eigenvalue weighted by Crippen LogP contribution is -2.42. The summed E-state index contributed by atoms with van der Waals surface area (Å²) < 4.78 is 0. The van der Waals surface area contributed by atoms with E-state index in [0.29, 0.717) is 24.2 Å². The van der Waals surface area contributed by atoms with E-state index in [9.17, 15) is 4.79 Å². The third-order valence-electron chi connectivity index (χ3n) is 3.91. The van der Waals surface area contributed by atoms with Crippen molar-refractivity contribution in [2.75, 3.05) is 13.1 Å². The second kappa shape index (κ2) is 5.55. The van der Waals surface area contributed by atoms with Gasteiger partial charge in [0.1, 0.15) is 0 Å². The van der Waals surface area contributed by atoms with Crippen molar-refractivity contribution in [3.05, 3.63) is 35.4 Å². The first-order valence-corrected chi connectivity index (χ1v) is 6.92. The molecule has 1 unspecified atom stereocenters. The van der Waals surface area contributed by atoms with Crippen LogP contribution in [-0.4, -0.2) is 23.9 Å². The Kier molecular flexibility index (Phi) is 4.05. The Labute approximate surface area is 110 Å². The Balaban J connectivity index is 2.07. The van der Waals surface area contributed by atoms with Crippen LogP contribution in [0.25, 0.3) is 0 Å². The number of nitrogens with zero attached hydrogens (tertiary/aromatic N) is 1. The first-order chi connectivity index (χ1) is 8.58. The van der Waals surface area contributed by atoms with Gasteiger partial charge in [-0.25, -0.2) is 0 Å². The van der Waals surface area contributed by atoms with Crippen LogP contribution in [0, 0.1) is 12.8 Å². The summed E-state index contributed by atoms with van der Waals surface area (Å²) >= 11 is 0. The van der Waals surface area contributed by atoms with Crippen LogP contribution in [0.1, 0.15) is 43.7 Å². The molecule has 0 bridgehead atoms. The summed E-state index contributed by atoms with van der Waals surface area (Å²) in [4.78, 5) is 14.1. The number of hydrogen-bond acceptors (Lipinski definition) is 1. The second-order valence-electron chi connectivity index (χ2n) is 5.70. The van der Waals surface area contributed by atoms with Crippen molar-refractivity contribution in [3.8, 4) is 0 Å². The predicted octanol–water partition coefficient (Wildman–Crippen LogP) is 3.36. The van der Waals surface area contributed by atoms with Crippen LogP contribution in [0.15, 0.2) is 24.3 Å². The van der Waals surface area contributed by atoms with E-state index in [2.05, 4.69) is 45.0 Å². The maximum absolute atomic E-state index is 12.1. The average molecular weight is 245 g/mol. The number of likely N-dealkylation sites (tertiary alicyclic amines) is 1. The molecule has 1 atom stereocenters. The van der Waals surface area contributed by atoms with Gasteiger partial charge in [0.25, 0.3) is 0 Å². The van der Waals surface area contributed by atoms with Crippen LogP contribution >= 0.6 is 0 Å². The highest BCUT2D eigenvalue weighted by Crippen LogP contribution is 2.29. The quantitative estimate of drug-likeness (QED) is 0.796. The van der Waals surface area contributed by atoms with Gasteiger partial charge in [-0.05, 0) is 30.7 Å². The van der Waals surface area contributed by atoms with Crippen LogP contribution in [0.3, 0.4) is 0 Å². The highest BCUT2D eigenvalue weighted by molar-refractivity contribution is 5.77. The third kappa shape index (κ3) is 2.92. The smallest absolute Gasteiger partial charge is 0.223 e. The van der Waals surface area contributed by atoms with Crippen molar-refractivity contribution in [2.45, 2.75) is 39.5 Å². The van der Waals surface area contributed by atoms with Gasteiger partial charge in [0, 0.05) is 19.5 Å². The summed E-state index contributed by atoms with van der Waals surface area (Å²) in [5.74, 6) is 1.16. The van der Waals surface area contributed by atoms with E-state index in [1.54, 1.807) is 0 Å². The summed E-state index contributed by atoms with van der Waals surface area (Å²) in [5.41, 5.74) is 2.57. The predicted molar refractivity (Wildman–Crippen MR) is 74.6 cm³/mol. The number of hydrogen-bond donors (Lipinski definition) is 0. The minimum absolute atomic E-state index is 0.320. The maximum atomic E-state index is 12.1. The maximum Gasteiger partial charge on any atom is 0.223 e. The number of carbonyl (C=O) groups is 1. The fraction of sp³-hybridized carbons (Fsp3) is 0.562. The number of aryl methyl sites for hydroxylation is 1. The molecule has 1 aliphatic rings. The average Bonchev–Trinajstić information content (AvgIpc) is 2.24. The summed E-state index contributed by atoms with van der Waals surface area (Å²) in [6.45, 7) is 8.41. The van der Waals surface area contributed by atoms with Gasteiger partial charge >= 0.3 is 0 Å². The minimum Gasteiger partial charge on any atom is -0.343 e. The summed E-state index contributed by atoms with van der Waals surface area (Å²) in [7, 11) is 0. The van der Waals surface area contributed by atoms with Gasteiger partial charge in [-0.3, -0.25) is 4.79 Å². The highest BCUT2D eigenvalue weighted by Gasteiger charge is 2.25. The molecule has 2 rings (SSSR count). The number of amides is 1. The zero-order valence-corrected chi connectivity index (χ0v) is 11.6. The molecule has 0 radical (unpaired) electrons. The molecular weight excluding hydrogens is 222 g/mol. The van der Waals surface area contributed by atoms with Crippen molar-refractivity contribution in [2.24, 2.45) is 5.92 Å². The van der Waals surface area contributed by atoms with E-state index in [1.165, 1.54) is 17.5 Å². The number of rotatable bonds is 4. The molecule has 18 heavy (non-hydrogen) atoms. The highest BCUT2D eigenvalue weighted by atomic mass is 16.2. The van der Waals surface area contributed by atoms with Crippen LogP contribution < -0.4 is 0 Å². The van der Waals surface area contributed by atoms with Gasteiger partial charge in [0.15, 0.2) is 0 Å². The molecule has 0 N–H and O–H groups in total. The minimum atomic E-state index is 0.320. The van der Waals surface area contributed by atoms with Crippen LogP contribution in [0.5, 0.6) is 0 Å². The molecule has 1 aromatic rings. The van der Waals surface area contributed by atoms with Gasteiger partial charge in [-0.2, -0.15) is 0 Å². The Hall–Kier alpha value is -1.31. The summed E-state index contributed by atoms with van der Waals surface area (Å²) in [5, 5.41) is 0. The van der Waals surface area contributed by atoms with E-state index in [0.717, 1.165) is 13.1 Å². The Bertz CT molecular complexity index is 404. The van der Waals surface area contributed by atoms with E-state index >= 15 is 0 Å². The lowest BCUT2D eigenvalue weighted by atomic mass is 9.85. The summed E-state index contributed by atoms with van der Waals surface area (Å²) in [6, 6.07) is 8.62. The fourth-order valence-corrected chi connectivity index (χ4v) is 2.43. The van der Waals surface area contributed by atoms with Crippen LogP contribution in [0.2, 0.25) is 0 Å². The summed E-state index contributed by atoms with van der Waals surface area (Å²) in [6.07, 6.45) is 1.82. The number of benzene rings is 1. The van der Waals surface area contributed by atoms with Gasteiger partial charge in [0.05, 0.1) is 0 Å². The van der Waals surface area contributed by atoms with Crippen LogP contribution in [-0.2, 0) is 4.79 Å². The second-order valence-corrected chi connectivity index (χ2v) is 5.70. The zero-order valence-electron chi connectivity index (χ0n) is 11.6. The lowest BCUT2D eigenvalue weighted by molar-refractivity contribution is -0.135. The molecule has 2 heteroatoms. The first-order valence-electron chi connectivity index (χ1n) is 6.92. The van der Waals surface area contributed by atoms with Gasteiger partial charge in [0.2, 0.25) is 5.91 Å². The van der Waals surface area contributed by atoms with Crippen molar-refractivity contribution in [1.82, 2.24) is 4.90 Å². The monoisotopic (exact) mass is 245 g/mol. The fourth-order valence-electron chi connectivity index (χ4n) is 2.43. The molecule has 1 aromatic carbocycles. The third-order valence-corrected chi connectivity index (χ3v) is 3.91. The molecule has 0 spiro atoms. The lowest BCUT2D eigenvalue weighted by Gasteiger charge is -2.33. The van der Waals surface area contributed by atoms with Gasteiger partial charge in [-0.15, -0.1) is 0 Å². The molecular formula is C16H23NO. The van der Waals surface area contributed by atoms with Crippen molar-refractivity contribution in [1.29, 1.82) is 0 Å². The Morgan fingerprint density at radius 1 is 1.22 bits per heavy atom. The molecule has 0 aliphatic carbocycles. The van der Waals surface area contributed by atoms with E-state index in [4.69, 9.17) is 0 Å². The number of carbonyl (C=O) groups excluding carboxylic acids is 1. The van der Waals surface area contributed by atoms with E-state index in [-0.39, 0.29) is 0 Å². The standard InChI is InChI=1S/C16H23NO/c1-12(2)15(11-16(18)17-9-4-10-17)14-7-5-13(3)6-8-14/h5-8,12,15H,4,9-11H2,1-3H3. The molecule has 1 saturated heterocycles. The normalized spacial score (nSPS) is 16.6. The largest absolute Gasteiger partial charge is 0.343 e. The zero-order chi connectivity index (χ0) is 13.1. The SMILES string of the molecule is Cc1ccc(C(CC(=O)N2CCC2)C(C)C)cc1. The van der Waals surface area contributed by atoms with Gasteiger partial charge < -0.3 is 4.90 Å². The van der Waals surface area contributed by atoms with Crippen molar-refractivity contribution in [3.63, 3.8) is 0 Å². The Morgan fingerprint density at radius 2 is 1.83 bits per heavy atom. The molecule has 2 nitrogen and oxygen atoms in total. The molecule has 1 amide bonds. The molecule has 98 valence electrons. The van der Waals surface area contributed by atoms with Crippen molar-refractivity contribution < 1.29 is 4.79 Å². The molecule has 1 fully saturated rings. The molecule has 0 aromatic heterocycles. The molecule has 0 saturated carbocycles. The van der Waals surface area contributed by atoms with E-state index < -0.39 is 0 Å². The molecule has 1 heterocycles. The first kappa shape index (κ1) is 13.1.